The standard InChI is InChI=1S/C10H8ClN3O2S/c1-7(5-12)14-17(15,16)9-3-2-8(6-13)10(11)4-9/h2-4,7,14H,1H3. The number of nitrogens with zero attached hydrogens (tertiary/aromatic N) is 2. The first kappa shape index (κ1) is 13.5. The molecule has 0 fully saturated rings. The van der Waals surface area contributed by atoms with Crippen molar-refractivity contribution < 1.29 is 8.42 Å². The number of hydrogen-bond donors (Lipinski definition) is 1. The fourth-order valence-corrected chi connectivity index (χ4v) is 2.54. The van der Waals surface area contributed by atoms with Crippen LogP contribution in [0.2, 0.25) is 5.02 Å². The third-order valence-corrected chi connectivity index (χ3v) is 3.75. The molecule has 1 aromatic rings. The van der Waals surface area contributed by atoms with Gasteiger partial charge in [0.2, 0.25) is 10.0 Å². The molecule has 0 saturated heterocycles. The van der Waals surface area contributed by atoms with Crippen molar-refractivity contribution in [3.63, 3.8) is 0 Å². The summed E-state index contributed by atoms with van der Waals surface area (Å²) in [5.41, 5.74) is 0.193. The molecule has 17 heavy (non-hydrogen) atoms. The van der Waals surface area contributed by atoms with Gasteiger partial charge in [-0.25, -0.2) is 8.42 Å². The van der Waals surface area contributed by atoms with Crippen molar-refractivity contribution in [3.8, 4) is 12.1 Å². The van der Waals surface area contributed by atoms with Crippen molar-refractivity contribution in [2.24, 2.45) is 0 Å². The van der Waals surface area contributed by atoms with Crippen LogP contribution in [0.5, 0.6) is 0 Å². The minimum Gasteiger partial charge on any atom is -0.207 e. The summed E-state index contributed by atoms with van der Waals surface area (Å²) < 4.78 is 25.7. The molecule has 0 aliphatic heterocycles. The van der Waals surface area contributed by atoms with E-state index in [-0.39, 0.29) is 15.5 Å². The normalized spacial score (nSPS) is 12.5. The molecule has 0 heterocycles. The number of rotatable bonds is 3. The summed E-state index contributed by atoms with van der Waals surface area (Å²) in [7, 11) is -3.79. The number of nitrogens with one attached hydrogen (secondary N) is 1. The lowest BCUT2D eigenvalue weighted by atomic mass is 10.2. The first-order valence-corrected chi connectivity index (χ1v) is 6.38. The highest BCUT2D eigenvalue weighted by Gasteiger charge is 2.18. The molecule has 0 radical (unpaired) electrons. The zero-order valence-corrected chi connectivity index (χ0v) is 10.4. The maximum absolute atomic E-state index is 11.7. The first-order chi connectivity index (χ1) is 7.90. The van der Waals surface area contributed by atoms with Gasteiger partial charge in [-0.1, -0.05) is 11.6 Å². The minimum absolute atomic E-state index is 0.0555. The van der Waals surface area contributed by atoms with E-state index >= 15 is 0 Å². The van der Waals surface area contributed by atoms with Gasteiger partial charge in [0.15, 0.2) is 0 Å². The number of sulfonamides is 1. The molecule has 1 N–H and O–H groups in total. The summed E-state index contributed by atoms with van der Waals surface area (Å²) in [6.07, 6.45) is 0. The highest BCUT2D eigenvalue weighted by molar-refractivity contribution is 7.89. The molecule has 0 aliphatic carbocycles. The van der Waals surface area contributed by atoms with Crippen molar-refractivity contribution in [1.29, 1.82) is 10.5 Å². The van der Waals surface area contributed by atoms with Crippen LogP contribution in [0.25, 0.3) is 0 Å². The van der Waals surface area contributed by atoms with Crippen LogP contribution in [0, 0.1) is 22.7 Å². The van der Waals surface area contributed by atoms with Crippen LogP contribution in [0.4, 0.5) is 0 Å². The summed E-state index contributed by atoms with van der Waals surface area (Å²) >= 11 is 5.73. The maximum atomic E-state index is 11.7. The smallest absolute Gasteiger partial charge is 0.207 e. The predicted octanol–water partition coefficient (Wildman–Crippen LogP) is 1.40. The molecule has 1 atom stereocenters. The Balaban J connectivity index is 3.15. The fourth-order valence-electron chi connectivity index (χ4n) is 1.08. The largest absolute Gasteiger partial charge is 0.241 e. The average molecular weight is 270 g/mol. The monoisotopic (exact) mass is 269 g/mol. The van der Waals surface area contributed by atoms with E-state index in [2.05, 4.69) is 4.72 Å². The van der Waals surface area contributed by atoms with Crippen molar-refractivity contribution in [1.82, 2.24) is 4.72 Å². The van der Waals surface area contributed by atoms with Gasteiger partial charge in [-0.15, -0.1) is 0 Å². The molecule has 5 nitrogen and oxygen atoms in total. The molecule has 0 saturated carbocycles. The third kappa shape index (κ3) is 3.18. The molecule has 0 aliphatic rings. The van der Waals surface area contributed by atoms with E-state index in [0.29, 0.717) is 0 Å². The summed E-state index contributed by atoms with van der Waals surface area (Å²) in [6, 6.07) is 6.49. The molecule has 0 amide bonds. The Morgan fingerprint density at radius 2 is 2.06 bits per heavy atom. The molecular weight excluding hydrogens is 262 g/mol. The van der Waals surface area contributed by atoms with Crippen LogP contribution in [0.1, 0.15) is 12.5 Å². The Hall–Kier alpha value is -1.60. The number of benzene rings is 1. The second-order valence-corrected chi connectivity index (χ2v) is 5.35. The fraction of sp³-hybridized carbons (Fsp3) is 0.200. The van der Waals surface area contributed by atoms with Crippen LogP contribution >= 0.6 is 11.6 Å². The molecular formula is C10H8ClN3O2S. The van der Waals surface area contributed by atoms with Gasteiger partial charge in [0.25, 0.3) is 0 Å². The van der Waals surface area contributed by atoms with Crippen LogP contribution < -0.4 is 4.72 Å². The Morgan fingerprint density at radius 3 is 2.53 bits per heavy atom. The number of halogens is 1. The van der Waals surface area contributed by atoms with Gasteiger partial charge in [-0.2, -0.15) is 15.2 Å². The number of hydrogen-bond acceptors (Lipinski definition) is 4. The van der Waals surface area contributed by atoms with Gasteiger partial charge in [0.1, 0.15) is 12.1 Å². The van der Waals surface area contributed by atoms with Crippen LogP contribution in [0.3, 0.4) is 0 Å². The highest BCUT2D eigenvalue weighted by atomic mass is 35.5. The second-order valence-electron chi connectivity index (χ2n) is 3.23. The van der Waals surface area contributed by atoms with E-state index in [1.807, 2.05) is 6.07 Å². The van der Waals surface area contributed by atoms with Crippen LogP contribution in [-0.4, -0.2) is 14.5 Å². The summed E-state index contributed by atoms with van der Waals surface area (Å²) in [4.78, 5) is -0.0800. The molecule has 0 bridgehead atoms. The molecule has 0 spiro atoms. The van der Waals surface area contributed by atoms with Gasteiger partial charge in [0.05, 0.1) is 21.6 Å². The lowest BCUT2D eigenvalue weighted by Gasteiger charge is -2.08. The van der Waals surface area contributed by atoms with Crippen molar-refractivity contribution in [2.45, 2.75) is 17.9 Å². The number of nitriles is 2. The quantitative estimate of drug-likeness (QED) is 0.897. The van der Waals surface area contributed by atoms with Crippen LogP contribution in [0.15, 0.2) is 23.1 Å². The topological polar surface area (TPSA) is 93.8 Å². The van der Waals surface area contributed by atoms with Crippen LogP contribution in [-0.2, 0) is 10.0 Å². The predicted molar refractivity (Wildman–Crippen MR) is 61.6 cm³/mol. The second kappa shape index (κ2) is 5.15. The van der Waals surface area contributed by atoms with Gasteiger partial charge in [-0.05, 0) is 25.1 Å². The van der Waals surface area contributed by atoms with E-state index in [9.17, 15) is 8.42 Å². The van der Waals surface area contributed by atoms with E-state index < -0.39 is 16.1 Å². The zero-order chi connectivity index (χ0) is 13.1. The SMILES string of the molecule is CC(C#N)NS(=O)(=O)c1ccc(C#N)c(Cl)c1. The van der Waals surface area contributed by atoms with Crippen molar-refractivity contribution in [2.75, 3.05) is 0 Å². The lowest BCUT2D eigenvalue weighted by molar-refractivity contribution is 0.577. The summed E-state index contributed by atoms with van der Waals surface area (Å²) in [6.45, 7) is 1.42. The zero-order valence-electron chi connectivity index (χ0n) is 8.81. The Morgan fingerprint density at radius 1 is 1.41 bits per heavy atom. The van der Waals surface area contributed by atoms with Crippen molar-refractivity contribution >= 4 is 21.6 Å². The van der Waals surface area contributed by atoms with E-state index in [0.717, 1.165) is 0 Å². The molecule has 88 valence electrons. The minimum atomic E-state index is -3.79. The van der Waals surface area contributed by atoms with Gasteiger partial charge in [0, 0.05) is 0 Å². The van der Waals surface area contributed by atoms with Crippen molar-refractivity contribution in [3.05, 3.63) is 28.8 Å². The Kier molecular flexibility index (Phi) is 4.08. The third-order valence-electron chi connectivity index (χ3n) is 1.90. The Labute approximate surface area is 104 Å². The lowest BCUT2D eigenvalue weighted by Crippen LogP contribution is -2.31. The maximum Gasteiger partial charge on any atom is 0.241 e. The van der Waals surface area contributed by atoms with Gasteiger partial charge >= 0.3 is 0 Å². The highest BCUT2D eigenvalue weighted by Crippen LogP contribution is 2.20. The van der Waals surface area contributed by atoms with E-state index in [4.69, 9.17) is 22.1 Å². The summed E-state index contributed by atoms with van der Waals surface area (Å²) in [5.74, 6) is 0. The first-order valence-electron chi connectivity index (χ1n) is 4.52. The molecule has 1 unspecified atom stereocenters. The Bertz CT molecular complexity index is 613. The summed E-state index contributed by atoms with van der Waals surface area (Å²) in [5, 5.41) is 17.2. The van der Waals surface area contributed by atoms with E-state index in [1.54, 1.807) is 6.07 Å². The van der Waals surface area contributed by atoms with E-state index in [1.165, 1.54) is 25.1 Å². The molecule has 1 rings (SSSR count). The molecule has 7 heteroatoms. The molecule has 0 aromatic heterocycles. The van der Waals surface area contributed by atoms with Gasteiger partial charge < -0.3 is 0 Å². The van der Waals surface area contributed by atoms with Gasteiger partial charge in [-0.3, -0.25) is 0 Å². The average Bonchev–Trinajstić information content (AvgIpc) is 2.28. The molecule has 1 aromatic carbocycles.